The van der Waals surface area contributed by atoms with Gasteiger partial charge in [0.15, 0.2) is 0 Å². The summed E-state index contributed by atoms with van der Waals surface area (Å²) in [4.78, 5) is 43.2. The van der Waals surface area contributed by atoms with Crippen molar-refractivity contribution in [2.75, 3.05) is 40.0 Å². The molecule has 170 valence electrons. The highest BCUT2D eigenvalue weighted by Gasteiger charge is 2.51. The maximum absolute atomic E-state index is 13.3. The molecule has 4 amide bonds. The quantitative estimate of drug-likeness (QED) is 0.719. The lowest BCUT2D eigenvalue weighted by Gasteiger charge is -2.36. The Labute approximate surface area is 183 Å². The number of piperazine rings is 1. The molecule has 1 atom stereocenters. The van der Waals surface area contributed by atoms with Gasteiger partial charge in [0.2, 0.25) is 0 Å². The molecule has 0 saturated carbocycles. The molecule has 1 aromatic carbocycles. The lowest BCUT2D eigenvalue weighted by Crippen LogP contribution is -2.53. The molecule has 3 rings (SSSR count). The van der Waals surface area contributed by atoms with Crippen molar-refractivity contribution in [2.45, 2.75) is 45.3 Å². The van der Waals surface area contributed by atoms with Crippen molar-refractivity contribution < 1.29 is 23.9 Å². The first-order valence-corrected chi connectivity index (χ1v) is 10.6. The monoisotopic (exact) mass is 432 g/mol. The lowest BCUT2D eigenvalue weighted by atomic mass is 9.87. The van der Waals surface area contributed by atoms with Crippen LogP contribution in [0.5, 0.6) is 5.75 Å². The van der Waals surface area contributed by atoms with E-state index < -0.39 is 17.2 Å². The van der Waals surface area contributed by atoms with Gasteiger partial charge in [0.1, 0.15) is 16.9 Å². The van der Waals surface area contributed by atoms with Crippen LogP contribution in [0.3, 0.4) is 0 Å². The molecule has 0 aromatic heterocycles. The largest absolute Gasteiger partial charge is 0.497 e. The van der Waals surface area contributed by atoms with Gasteiger partial charge in [0, 0.05) is 26.2 Å². The Hall–Kier alpha value is -2.81. The molecule has 0 aliphatic carbocycles. The van der Waals surface area contributed by atoms with Crippen LogP contribution in [-0.2, 0) is 15.1 Å². The Bertz CT molecular complexity index is 827. The van der Waals surface area contributed by atoms with Gasteiger partial charge in [0.05, 0.1) is 13.8 Å². The van der Waals surface area contributed by atoms with Crippen LogP contribution in [-0.4, -0.2) is 78.3 Å². The van der Waals surface area contributed by atoms with Crippen LogP contribution in [0.4, 0.5) is 9.59 Å². The van der Waals surface area contributed by atoms with E-state index >= 15 is 0 Å². The molecule has 1 aromatic rings. The molecule has 2 heterocycles. The minimum Gasteiger partial charge on any atom is -0.497 e. The first kappa shape index (κ1) is 22.9. The number of benzene rings is 1. The molecular formula is C22H32N4O5. The van der Waals surface area contributed by atoms with E-state index in [1.807, 2.05) is 44.7 Å². The highest BCUT2D eigenvalue weighted by Crippen LogP contribution is 2.33. The SMILES string of the molecule is CC[C@]1(c2ccc(OC)cc2)NC(=O)N(CN2CCN(C(=O)OC(C)(C)C)CC2)C1=O. The second-order valence-corrected chi connectivity index (χ2v) is 8.88. The number of hydrogen-bond donors (Lipinski definition) is 1. The van der Waals surface area contributed by atoms with Gasteiger partial charge in [0.25, 0.3) is 5.91 Å². The molecule has 2 saturated heterocycles. The van der Waals surface area contributed by atoms with Crippen LogP contribution in [0.2, 0.25) is 0 Å². The summed E-state index contributed by atoms with van der Waals surface area (Å²) in [6, 6.07) is 6.78. The first-order valence-electron chi connectivity index (χ1n) is 10.6. The number of imide groups is 1. The van der Waals surface area contributed by atoms with Crippen molar-refractivity contribution in [3.63, 3.8) is 0 Å². The van der Waals surface area contributed by atoms with Gasteiger partial charge in [-0.3, -0.25) is 9.69 Å². The Balaban J connectivity index is 1.64. The molecule has 31 heavy (non-hydrogen) atoms. The van der Waals surface area contributed by atoms with E-state index in [2.05, 4.69) is 5.32 Å². The smallest absolute Gasteiger partial charge is 0.410 e. The molecular weight excluding hydrogens is 400 g/mol. The van der Waals surface area contributed by atoms with Crippen LogP contribution in [0.25, 0.3) is 0 Å². The van der Waals surface area contributed by atoms with Crippen molar-refractivity contribution >= 4 is 18.0 Å². The third-order valence-corrected chi connectivity index (χ3v) is 5.65. The lowest BCUT2D eigenvalue weighted by molar-refractivity contribution is -0.133. The van der Waals surface area contributed by atoms with E-state index in [1.54, 1.807) is 24.1 Å². The summed E-state index contributed by atoms with van der Waals surface area (Å²) in [5.74, 6) is 0.422. The Morgan fingerprint density at radius 2 is 1.71 bits per heavy atom. The number of carbonyl (C=O) groups is 3. The Kier molecular flexibility index (Phi) is 6.45. The Morgan fingerprint density at radius 1 is 1.10 bits per heavy atom. The third-order valence-electron chi connectivity index (χ3n) is 5.65. The maximum Gasteiger partial charge on any atom is 0.410 e. The minimum atomic E-state index is -1.08. The summed E-state index contributed by atoms with van der Waals surface area (Å²) in [5.41, 5.74) is -0.896. The molecule has 1 N–H and O–H groups in total. The molecule has 9 nitrogen and oxygen atoms in total. The van der Waals surface area contributed by atoms with Crippen LogP contribution in [0.15, 0.2) is 24.3 Å². The van der Waals surface area contributed by atoms with Gasteiger partial charge in [-0.1, -0.05) is 19.1 Å². The summed E-state index contributed by atoms with van der Waals surface area (Å²) in [5, 5.41) is 2.90. The normalized spacial score (nSPS) is 22.5. The van der Waals surface area contributed by atoms with Gasteiger partial charge in [-0.2, -0.15) is 0 Å². The highest BCUT2D eigenvalue weighted by molar-refractivity contribution is 6.07. The molecule has 2 aliphatic heterocycles. The molecule has 9 heteroatoms. The average molecular weight is 433 g/mol. The molecule has 0 radical (unpaired) electrons. The van der Waals surface area contributed by atoms with Gasteiger partial charge in [-0.15, -0.1) is 0 Å². The zero-order valence-corrected chi connectivity index (χ0v) is 18.9. The minimum absolute atomic E-state index is 0.185. The van der Waals surface area contributed by atoms with E-state index in [0.29, 0.717) is 38.3 Å². The van der Waals surface area contributed by atoms with E-state index in [-0.39, 0.29) is 18.7 Å². The second-order valence-electron chi connectivity index (χ2n) is 8.88. The number of hydrogen-bond acceptors (Lipinski definition) is 6. The number of urea groups is 1. The van der Waals surface area contributed by atoms with Crippen molar-refractivity contribution in [2.24, 2.45) is 0 Å². The van der Waals surface area contributed by atoms with Gasteiger partial charge in [-0.25, -0.2) is 14.5 Å². The number of carbonyl (C=O) groups excluding carboxylic acids is 3. The fraction of sp³-hybridized carbons (Fsp3) is 0.591. The predicted molar refractivity (Wildman–Crippen MR) is 115 cm³/mol. The van der Waals surface area contributed by atoms with Crippen LogP contribution in [0, 0.1) is 0 Å². The third kappa shape index (κ3) is 4.76. The van der Waals surface area contributed by atoms with Crippen LogP contribution >= 0.6 is 0 Å². The summed E-state index contributed by atoms with van der Waals surface area (Å²) < 4.78 is 10.6. The van der Waals surface area contributed by atoms with Crippen LogP contribution < -0.4 is 10.1 Å². The number of methoxy groups -OCH3 is 1. The van der Waals surface area contributed by atoms with E-state index in [0.717, 1.165) is 5.56 Å². The molecule has 0 unspecified atom stereocenters. The van der Waals surface area contributed by atoms with Gasteiger partial charge < -0.3 is 19.7 Å². The van der Waals surface area contributed by atoms with Crippen molar-refractivity contribution in [3.8, 4) is 5.75 Å². The predicted octanol–water partition coefficient (Wildman–Crippen LogP) is 2.36. The highest BCUT2D eigenvalue weighted by atomic mass is 16.6. The maximum atomic E-state index is 13.3. The van der Waals surface area contributed by atoms with E-state index in [9.17, 15) is 14.4 Å². The number of amides is 4. The number of nitrogens with zero attached hydrogens (tertiary/aromatic N) is 3. The number of ether oxygens (including phenoxy) is 2. The van der Waals surface area contributed by atoms with Gasteiger partial charge in [-0.05, 0) is 44.9 Å². The molecule has 2 aliphatic rings. The summed E-state index contributed by atoms with van der Waals surface area (Å²) in [7, 11) is 1.58. The average Bonchev–Trinajstić information content (AvgIpc) is 2.98. The molecule has 0 spiro atoms. The topological polar surface area (TPSA) is 91.4 Å². The molecule has 0 bridgehead atoms. The van der Waals surface area contributed by atoms with Crippen LogP contribution in [0.1, 0.15) is 39.7 Å². The second kappa shape index (κ2) is 8.74. The number of rotatable bonds is 5. The summed E-state index contributed by atoms with van der Waals surface area (Å²) in [6.45, 7) is 9.64. The standard InChI is InChI=1S/C22H32N4O5/c1-6-22(16-7-9-17(30-5)10-8-16)18(27)26(19(28)23-22)15-24-11-13-25(14-12-24)20(29)31-21(2,3)4/h7-10H,6,11-15H2,1-5H3,(H,23,28)/t22-/m1/s1. The van der Waals surface area contributed by atoms with Crippen molar-refractivity contribution in [1.82, 2.24) is 20.0 Å². The summed E-state index contributed by atoms with van der Waals surface area (Å²) in [6.07, 6.45) is 0.0963. The van der Waals surface area contributed by atoms with E-state index in [4.69, 9.17) is 9.47 Å². The van der Waals surface area contributed by atoms with Crippen molar-refractivity contribution in [3.05, 3.63) is 29.8 Å². The summed E-state index contributed by atoms with van der Waals surface area (Å²) >= 11 is 0. The van der Waals surface area contributed by atoms with Gasteiger partial charge >= 0.3 is 12.1 Å². The fourth-order valence-corrected chi connectivity index (χ4v) is 3.87. The van der Waals surface area contributed by atoms with E-state index in [1.165, 1.54) is 4.90 Å². The van der Waals surface area contributed by atoms with Crippen molar-refractivity contribution in [1.29, 1.82) is 0 Å². The number of nitrogens with one attached hydrogen (secondary N) is 1. The zero-order chi connectivity index (χ0) is 22.8. The zero-order valence-electron chi connectivity index (χ0n) is 18.9. The fourth-order valence-electron chi connectivity index (χ4n) is 3.87. The molecule has 2 fully saturated rings. The Morgan fingerprint density at radius 3 is 2.23 bits per heavy atom. The first-order chi connectivity index (χ1) is 14.6.